The Balaban J connectivity index is 3.21. The van der Waals surface area contributed by atoms with E-state index in [-0.39, 0.29) is 12.5 Å². The molecule has 0 amide bonds. The lowest BCUT2D eigenvalue weighted by molar-refractivity contribution is 0.250. The summed E-state index contributed by atoms with van der Waals surface area (Å²) in [6.07, 6.45) is 2.41. The molecule has 0 saturated carbocycles. The first-order valence-electron chi connectivity index (χ1n) is 3.08. The minimum atomic E-state index is 0.127. The van der Waals surface area contributed by atoms with Gasteiger partial charge in [-0.3, -0.25) is 0 Å². The molecule has 0 aromatic heterocycles. The summed E-state index contributed by atoms with van der Waals surface area (Å²) in [6.45, 7) is 4.01. The van der Waals surface area contributed by atoms with Crippen LogP contribution in [0.25, 0.3) is 0 Å². The second-order valence-electron chi connectivity index (χ2n) is 1.47. The first-order valence-corrected chi connectivity index (χ1v) is 2.37. The Morgan fingerprint density at radius 3 is 3.00 bits per heavy atom. The van der Waals surface area contributed by atoms with Gasteiger partial charge < -0.3 is 5.11 Å². The van der Waals surface area contributed by atoms with Crippen LogP contribution in [0.4, 0.5) is 0 Å². The minimum Gasteiger partial charge on any atom is -0.396 e. The number of aliphatic hydroxyl groups is 1. The molecule has 0 aromatic carbocycles. The molecule has 0 rings (SSSR count). The van der Waals surface area contributed by atoms with Gasteiger partial charge in [0, 0.05) is 7.98 Å². The zero-order chi connectivity index (χ0) is 6.41. The van der Waals surface area contributed by atoms with E-state index in [1.807, 2.05) is 0 Å². The lowest BCUT2D eigenvalue weighted by Gasteiger charge is -2.00. The molecule has 7 heavy (non-hydrogen) atoms. The molecule has 0 aliphatic heterocycles. The quantitative estimate of drug-likeness (QED) is 0.529. The van der Waals surface area contributed by atoms with Crippen molar-refractivity contribution in [2.75, 3.05) is 6.61 Å². The standard InChI is InChI=1S/C6H12O/c1-3-6(4-2)5-7/h3,6-7H,1,4-5H2,2H3/t6-/m1/s1/i2D. The van der Waals surface area contributed by atoms with Gasteiger partial charge >= 0.3 is 0 Å². The van der Waals surface area contributed by atoms with Crippen molar-refractivity contribution in [3.63, 3.8) is 0 Å². The van der Waals surface area contributed by atoms with Crippen LogP contribution in [0, 0.1) is 5.92 Å². The molecule has 0 unspecified atom stereocenters. The summed E-state index contributed by atoms with van der Waals surface area (Å²) in [7, 11) is 0. The van der Waals surface area contributed by atoms with Gasteiger partial charge in [0.15, 0.2) is 0 Å². The molecule has 0 radical (unpaired) electrons. The lowest BCUT2D eigenvalue weighted by atomic mass is 10.1. The Hall–Kier alpha value is -0.300. The van der Waals surface area contributed by atoms with Crippen LogP contribution in [-0.4, -0.2) is 11.7 Å². The molecular weight excluding hydrogens is 88.1 g/mol. The van der Waals surface area contributed by atoms with Crippen LogP contribution >= 0.6 is 0 Å². The normalized spacial score (nSPS) is 15.3. The first kappa shape index (κ1) is 4.85. The minimum absolute atomic E-state index is 0.127. The maximum atomic E-state index is 8.50. The molecule has 0 aliphatic rings. The highest BCUT2D eigenvalue weighted by Crippen LogP contribution is 1.99. The number of hydrogen-bond acceptors (Lipinski definition) is 1. The zero-order valence-electron chi connectivity index (χ0n) is 5.43. The molecule has 1 heteroatoms. The Bertz CT molecular complexity index is 63.5. The van der Waals surface area contributed by atoms with Gasteiger partial charge in [-0.2, -0.15) is 0 Å². The van der Waals surface area contributed by atoms with Gasteiger partial charge in [0.2, 0.25) is 0 Å². The Kier molecular flexibility index (Phi) is 2.68. The number of rotatable bonds is 3. The van der Waals surface area contributed by atoms with Crippen LogP contribution in [0.5, 0.6) is 0 Å². The number of hydrogen-bond donors (Lipinski definition) is 1. The summed E-state index contributed by atoms with van der Waals surface area (Å²) in [4.78, 5) is 0. The molecular formula is C6H12O. The fourth-order valence-corrected chi connectivity index (χ4v) is 0.284. The van der Waals surface area contributed by atoms with Crippen LogP contribution < -0.4 is 0 Å². The highest BCUT2D eigenvalue weighted by molar-refractivity contribution is 4.76. The van der Waals surface area contributed by atoms with Crippen LogP contribution in [0.1, 0.15) is 14.7 Å². The second-order valence-corrected chi connectivity index (χ2v) is 1.47. The molecule has 0 aromatic rings. The zero-order valence-corrected chi connectivity index (χ0v) is 4.43. The summed E-state index contributed by atoms with van der Waals surface area (Å²) in [5, 5.41) is 8.50. The van der Waals surface area contributed by atoms with E-state index in [0.717, 1.165) is 6.42 Å². The fourth-order valence-electron chi connectivity index (χ4n) is 0.284. The van der Waals surface area contributed by atoms with Crippen molar-refractivity contribution in [3.8, 4) is 0 Å². The SMILES string of the molecule is [2H]CC[C@@H](C=C)CO. The third-order valence-electron chi connectivity index (χ3n) is 0.939. The van der Waals surface area contributed by atoms with E-state index >= 15 is 0 Å². The van der Waals surface area contributed by atoms with E-state index in [1.165, 1.54) is 0 Å². The molecule has 0 bridgehead atoms. The van der Waals surface area contributed by atoms with Gasteiger partial charge in [-0.25, -0.2) is 0 Å². The van der Waals surface area contributed by atoms with Crippen molar-refractivity contribution in [3.05, 3.63) is 12.7 Å². The maximum absolute atomic E-state index is 8.50. The smallest absolute Gasteiger partial charge is 0.0493 e. The van der Waals surface area contributed by atoms with Crippen molar-refractivity contribution in [1.29, 1.82) is 0 Å². The third kappa shape index (κ3) is 2.40. The van der Waals surface area contributed by atoms with Gasteiger partial charge in [0.05, 0.1) is 0 Å². The van der Waals surface area contributed by atoms with Crippen LogP contribution in [0.2, 0.25) is 0 Å². The van der Waals surface area contributed by atoms with Crippen molar-refractivity contribution >= 4 is 0 Å². The van der Waals surface area contributed by atoms with E-state index in [9.17, 15) is 0 Å². The van der Waals surface area contributed by atoms with E-state index in [2.05, 4.69) is 6.58 Å². The molecule has 0 spiro atoms. The topological polar surface area (TPSA) is 20.2 Å². The average Bonchev–Trinajstić information content (AvgIpc) is 1.83. The molecule has 1 nitrogen and oxygen atoms in total. The summed E-state index contributed by atoms with van der Waals surface area (Å²) < 4.78 is 6.78. The maximum Gasteiger partial charge on any atom is 0.0493 e. The largest absolute Gasteiger partial charge is 0.396 e. The second kappa shape index (κ2) is 3.88. The predicted molar refractivity (Wildman–Crippen MR) is 31.1 cm³/mol. The van der Waals surface area contributed by atoms with Gasteiger partial charge in [0.1, 0.15) is 0 Å². The van der Waals surface area contributed by atoms with E-state index in [0.29, 0.717) is 6.90 Å². The highest BCUT2D eigenvalue weighted by Gasteiger charge is 1.93. The highest BCUT2D eigenvalue weighted by atomic mass is 16.3. The average molecular weight is 101 g/mol. The van der Waals surface area contributed by atoms with Crippen molar-refractivity contribution in [2.24, 2.45) is 5.92 Å². The van der Waals surface area contributed by atoms with Crippen LogP contribution in [-0.2, 0) is 0 Å². The predicted octanol–water partition coefficient (Wildman–Crippen LogP) is 1.19. The van der Waals surface area contributed by atoms with E-state index < -0.39 is 0 Å². The molecule has 1 N–H and O–H groups in total. The molecule has 0 aliphatic carbocycles. The molecule has 0 heterocycles. The molecule has 1 atom stereocenters. The van der Waals surface area contributed by atoms with Crippen LogP contribution in [0.3, 0.4) is 0 Å². The summed E-state index contributed by atoms with van der Waals surface area (Å²) >= 11 is 0. The van der Waals surface area contributed by atoms with Crippen molar-refractivity contribution in [1.82, 2.24) is 0 Å². The van der Waals surface area contributed by atoms with Gasteiger partial charge in [-0.05, 0) is 12.3 Å². The Morgan fingerprint density at radius 2 is 2.86 bits per heavy atom. The Morgan fingerprint density at radius 1 is 2.14 bits per heavy atom. The monoisotopic (exact) mass is 101 g/mol. The summed E-state index contributed by atoms with van der Waals surface area (Å²) in [6, 6.07) is 0. The van der Waals surface area contributed by atoms with Crippen molar-refractivity contribution in [2.45, 2.75) is 13.3 Å². The summed E-state index contributed by atoms with van der Waals surface area (Å²) in [5.41, 5.74) is 0. The first-order chi connectivity index (χ1) is 3.85. The third-order valence-corrected chi connectivity index (χ3v) is 0.939. The molecule has 0 fully saturated rings. The van der Waals surface area contributed by atoms with Crippen molar-refractivity contribution < 1.29 is 6.48 Å². The van der Waals surface area contributed by atoms with Crippen LogP contribution in [0.15, 0.2) is 12.7 Å². The Labute approximate surface area is 46.1 Å². The molecule has 0 saturated heterocycles. The molecule has 42 valence electrons. The van der Waals surface area contributed by atoms with E-state index in [4.69, 9.17) is 6.48 Å². The summed E-state index contributed by atoms with van der Waals surface area (Å²) in [5.74, 6) is 0.132. The van der Waals surface area contributed by atoms with Gasteiger partial charge in [0.25, 0.3) is 0 Å². The van der Waals surface area contributed by atoms with Gasteiger partial charge in [-0.1, -0.05) is 13.0 Å². The van der Waals surface area contributed by atoms with Gasteiger partial charge in [-0.15, -0.1) is 6.58 Å². The fraction of sp³-hybridized carbons (Fsp3) is 0.667. The lowest BCUT2D eigenvalue weighted by Crippen LogP contribution is -1.98. The number of aliphatic hydroxyl groups excluding tert-OH is 1. The van der Waals surface area contributed by atoms with E-state index in [1.54, 1.807) is 6.08 Å².